The summed E-state index contributed by atoms with van der Waals surface area (Å²) in [6, 6.07) is 10.8. The van der Waals surface area contributed by atoms with Crippen LogP contribution < -0.4 is 0 Å². The molecule has 0 spiro atoms. The second-order valence-electron chi connectivity index (χ2n) is 7.14. The Balaban J connectivity index is 2.38. The summed E-state index contributed by atoms with van der Waals surface area (Å²) in [6.07, 6.45) is 0.363. The van der Waals surface area contributed by atoms with Crippen molar-refractivity contribution in [2.24, 2.45) is 0 Å². The highest BCUT2D eigenvalue weighted by molar-refractivity contribution is 6.99. The highest BCUT2D eigenvalue weighted by atomic mass is 28.4. The molecule has 94 valence electrons. The molecule has 1 unspecified atom stereocenters. The summed E-state index contributed by atoms with van der Waals surface area (Å²) in [6.45, 7) is 14.7. The molecule has 0 amide bonds. The fourth-order valence-electron chi connectivity index (χ4n) is 3.35. The molecule has 0 radical (unpaired) electrons. The zero-order chi connectivity index (χ0) is 12.9. The molecule has 0 bridgehead atoms. The predicted molar refractivity (Wildman–Crippen MR) is 79.7 cm³/mol. The molecule has 0 N–H and O–H groups in total. The lowest BCUT2D eigenvalue weighted by Gasteiger charge is -2.36. The SMILES string of the molecule is C[Si](C)(C)C1([Si](C)(C)C)OC1c1ccccc1. The minimum Gasteiger partial charge on any atom is -0.369 e. The Labute approximate surface area is 107 Å². The van der Waals surface area contributed by atoms with Gasteiger partial charge in [-0.2, -0.15) is 0 Å². The third kappa shape index (κ3) is 1.94. The fourth-order valence-corrected chi connectivity index (χ4v) is 15.2. The van der Waals surface area contributed by atoms with Gasteiger partial charge in [-0.1, -0.05) is 69.6 Å². The van der Waals surface area contributed by atoms with Gasteiger partial charge in [-0.3, -0.25) is 0 Å². The zero-order valence-electron chi connectivity index (χ0n) is 11.9. The minimum absolute atomic E-state index is 0.224. The van der Waals surface area contributed by atoms with Gasteiger partial charge in [0.25, 0.3) is 0 Å². The second kappa shape index (κ2) is 3.80. The van der Waals surface area contributed by atoms with Gasteiger partial charge in [-0.25, -0.2) is 0 Å². The third-order valence-electron chi connectivity index (χ3n) is 3.95. The topological polar surface area (TPSA) is 12.5 Å². The third-order valence-corrected chi connectivity index (χ3v) is 13.7. The van der Waals surface area contributed by atoms with E-state index in [2.05, 4.69) is 69.6 Å². The van der Waals surface area contributed by atoms with Crippen molar-refractivity contribution in [3.63, 3.8) is 0 Å². The Hall–Kier alpha value is -0.386. The molecule has 1 heterocycles. The molecule has 1 fully saturated rings. The van der Waals surface area contributed by atoms with Gasteiger partial charge in [0.1, 0.15) is 6.10 Å². The summed E-state index contributed by atoms with van der Waals surface area (Å²) in [5.74, 6) is 0. The largest absolute Gasteiger partial charge is 0.369 e. The van der Waals surface area contributed by atoms with Gasteiger partial charge in [-0.05, 0) is 5.56 Å². The summed E-state index contributed by atoms with van der Waals surface area (Å²) in [7, 11) is -2.63. The van der Waals surface area contributed by atoms with E-state index in [-0.39, 0.29) is 4.85 Å². The molecule has 1 saturated heterocycles. The van der Waals surface area contributed by atoms with E-state index in [9.17, 15) is 0 Å². The van der Waals surface area contributed by atoms with Gasteiger partial charge in [0.2, 0.25) is 0 Å². The van der Waals surface area contributed by atoms with Crippen molar-refractivity contribution in [2.75, 3.05) is 0 Å². The van der Waals surface area contributed by atoms with Crippen LogP contribution in [0.4, 0.5) is 0 Å². The number of ether oxygens (including phenoxy) is 1. The first kappa shape index (κ1) is 13.1. The summed E-state index contributed by atoms with van der Waals surface area (Å²) in [4.78, 5) is 0.224. The summed E-state index contributed by atoms with van der Waals surface area (Å²) in [5, 5.41) is 0. The summed E-state index contributed by atoms with van der Waals surface area (Å²) in [5.41, 5.74) is 1.37. The van der Waals surface area contributed by atoms with E-state index in [1.54, 1.807) is 0 Å². The molecular formula is C14H24OSi2. The van der Waals surface area contributed by atoms with Crippen LogP contribution in [0.5, 0.6) is 0 Å². The van der Waals surface area contributed by atoms with Crippen molar-refractivity contribution in [1.82, 2.24) is 0 Å². The first-order chi connectivity index (χ1) is 7.70. The molecule has 1 aromatic rings. The maximum Gasteiger partial charge on any atom is 0.106 e. The molecular weight excluding hydrogens is 240 g/mol. The number of hydrogen-bond donors (Lipinski definition) is 0. The summed E-state index contributed by atoms with van der Waals surface area (Å²) < 4.78 is 6.34. The van der Waals surface area contributed by atoms with E-state index in [4.69, 9.17) is 4.74 Å². The van der Waals surface area contributed by atoms with Crippen molar-refractivity contribution in [1.29, 1.82) is 0 Å². The molecule has 2 rings (SSSR count). The van der Waals surface area contributed by atoms with Crippen molar-refractivity contribution in [3.05, 3.63) is 35.9 Å². The molecule has 0 aliphatic carbocycles. The quantitative estimate of drug-likeness (QED) is 0.587. The molecule has 3 heteroatoms. The van der Waals surface area contributed by atoms with Crippen LogP contribution in [0.3, 0.4) is 0 Å². The fraction of sp³-hybridized carbons (Fsp3) is 0.571. The molecule has 1 atom stereocenters. The Kier molecular flexibility index (Phi) is 2.92. The van der Waals surface area contributed by atoms with Crippen LogP contribution in [0.25, 0.3) is 0 Å². The standard InChI is InChI=1S/C14H24OSi2/c1-16(2,3)14(17(4,5)6)13(15-14)12-10-8-7-9-11-12/h7-11,13H,1-6H3. The normalized spacial score (nSPS) is 23.5. The van der Waals surface area contributed by atoms with Crippen LogP contribution in [0, 0.1) is 0 Å². The average molecular weight is 265 g/mol. The van der Waals surface area contributed by atoms with E-state index in [1.165, 1.54) is 5.56 Å². The first-order valence-electron chi connectivity index (χ1n) is 6.43. The first-order valence-corrected chi connectivity index (χ1v) is 13.4. The van der Waals surface area contributed by atoms with E-state index >= 15 is 0 Å². The summed E-state index contributed by atoms with van der Waals surface area (Å²) >= 11 is 0. The molecule has 1 aliphatic heterocycles. The lowest BCUT2D eigenvalue weighted by molar-refractivity contribution is 0.381. The van der Waals surface area contributed by atoms with Crippen molar-refractivity contribution in [2.45, 2.75) is 50.2 Å². The van der Waals surface area contributed by atoms with Gasteiger partial charge in [0, 0.05) is 0 Å². The number of epoxide rings is 1. The lowest BCUT2D eigenvalue weighted by atomic mass is 10.2. The van der Waals surface area contributed by atoms with Gasteiger partial charge in [-0.15, -0.1) is 0 Å². The Morgan fingerprint density at radius 2 is 1.35 bits per heavy atom. The van der Waals surface area contributed by atoms with Crippen molar-refractivity contribution < 1.29 is 4.74 Å². The van der Waals surface area contributed by atoms with Crippen LogP contribution in [0.2, 0.25) is 39.3 Å². The Bertz CT molecular complexity index is 386. The van der Waals surface area contributed by atoms with E-state index in [0.717, 1.165) is 0 Å². The van der Waals surface area contributed by atoms with Crippen LogP contribution >= 0.6 is 0 Å². The second-order valence-corrected chi connectivity index (χ2v) is 18.1. The van der Waals surface area contributed by atoms with Crippen LogP contribution in [-0.4, -0.2) is 21.0 Å². The highest BCUT2D eigenvalue weighted by Crippen LogP contribution is 2.59. The smallest absolute Gasteiger partial charge is 0.106 e. The van der Waals surface area contributed by atoms with Crippen LogP contribution in [0.15, 0.2) is 30.3 Å². The van der Waals surface area contributed by atoms with Gasteiger partial charge in [0.05, 0.1) is 21.0 Å². The molecule has 0 saturated carbocycles. The van der Waals surface area contributed by atoms with Gasteiger partial charge >= 0.3 is 0 Å². The Morgan fingerprint density at radius 3 is 1.71 bits per heavy atom. The molecule has 1 aliphatic rings. The monoisotopic (exact) mass is 264 g/mol. The molecule has 17 heavy (non-hydrogen) atoms. The number of hydrogen-bond acceptors (Lipinski definition) is 1. The molecule has 1 nitrogen and oxygen atoms in total. The van der Waals surface area contributed by atoms with Crippen LogP contribution in [-0.2, 0) is 4.74 Å². The zero-order valence-corrected chi connectivity index (χ0v) is 13.9. The highest BCUT2D eigenvalue weighted by Gasteiger charge is 2.70. The van der Waals surface area contributed by atoms with Gasteiger partial charge < -0.3 is 4.74 Å². The van der Waals surface area contributed by atoms with Crippen molar-refractivity contribution >= 4 is 16.1 Å². The van der Waals surface area contributed by atoms with Gasteiger partial charge in [0.15, 0.2) is 0 Å². The molecule has 1 aromatic carbocycles. The van der Waals surface area contributed by atoms with E-state index < -0.39 is 16.1 Å². The predicted octanol–water partition coefficient (Wildman–Crippen LogP) is 4.25. The maximum absolute atomic E-state index is 6.34. The number of rotatable bonds is 3. The Morgan fingerprint density at radius 1 is 0.882 bits per heavy atom. The minimum atomic E-state index is -1.32. The maximum atomic E-state index is 6.34. The van der Waals surface area contributed by atoms with E-state index in [1.807, 2.05) is 0 Å². The molecule has 0 aromatic heterocycles. The van der Waals surface area contributed by atoms with Crippen LogP contribution in [0.1, 0.15) is 11.7 Å². The van der Waals surface area contributed by atoms with E-state index in [0.29, 0.717) is 6.10 Å². The van der Waals surface area contributed by atoms with Crippen molar-refractivity contribution in [3.8, 4) is 0 Å². The lowest BCUT2D eigenvalue weighted by Crippen LogP contribution is -2.58. The number of benzene rings is 1. The average Bonchev–Trinajstić information content (AvgIpc) is 2.93.